The third kappa shape index (κ3) is 3.61. The Kier molecular flexibility index (Phi) is 4.36. The number of benzene rings is 1. The zero-order valence-corrected chi connectivity index (χ0v) is 10.4. The van der Waals surface area contributed by atoms with E-state index in [1.807, 2.05) is 30.3 Å². The zero-order valence-electron chi connectivity index (χ0n) is 8.81. The van der Waals surface area contributed by atoms with E-state index >= 15 is 0 Å². The van der Waals surface area contributed by atoms with E-state index in [4.69, 9.17) is 0 Å². The number of para-hydroxylation sites is 1. The predicted octanol–water partition coefficient (Wildman–Crippen LogP) is 3.34. The Bertz CT molecular complexity index is 389. The van der Waals surface area contributed by atoms with Crippen molar-refractivity contribution in [3.05, 3.63) is 40.6 Å². The van der Waals surface area contributed by atoms with Crippen molar-refractivity contribution in [3.63, 3.8) is 0 Å². The van der Waals surface area contributed by atoms with Gasteiger partial charge in [0.2, 0.25) is 5.91 Å². The van der Waals surface area contributed by atoms with Gasteiger partial charge in [-0.05, 0) is 17.5 Å². The van der Waals surface area contributed by atoms with Gasteiger partial charge in [0, 0.05) is 22.1 Å². The molecule has 0 aromatic heterocycles. The Morgan fingerprint density at radius 2 is 2.06 bits per heavy atom. The quantitative estimate of drug-likeness (QED) is 0.893. The average molecular weight is 251 g/mol. The Morgan fingerprint density at radius 3 is 2.75 bits per heavy atom. The molecule has 1 aliphatic heterocycles. The van der Waals surface area contributed by atoms with Crippen LogP contribution in [0.2, 0.25) is 0 Å². The molecular weight excluding hydrogens is 238 g/mol. The molecule has 0 aliphatic carbocycles. The molecule has 1 N–H and O–H groups in total. The number of rotatable bonds is 3. The van der Waals surface area contributed by atoms with E-state index in [9.17, 15) is 4.79 Å². The minimum absolute atomic E-state index is 0.0625. The van der Waals surface area contributed by atoms with Crippen molar-refractivity contribution in [1.29, 1.82) is 0 Å². The maximum Gasteiger partial charge on any atom is 0.229 e. The maximum absolute atomic E-state index is 11.7. The Balaban J connectivity index is 1.87. The van der Waals surface area contributed by atoms with E-state index in [1.165, 1.54) is 4.91 Å². The Hall–Kier alpha value is -0.870. The van der Waals surface area contributed by atoms with Gasteiger partial charge in [-0.1, -0.05) is 18.2 Å². The van der Waals surface area contributed by atoms with E-state index < -0.39 is 0 Å². The van der Waals surface area contributed by atoms with Gasteiger partial charge in [-0.25, -0.2) is 0 Å². The summed E-state index contributed by atoms with van der Waals surface area (Å²) in [5.74, 6) is 2.32. The van der Waals surface area contributed by atoms with Gasteiger partial charge in [-0.2, -0.15) is 0 Å². The molecule has 0 bridgehead atoms. The highest BCUT2D eigenvalue weighted by Gasteiger charge is 2.09. The summed E-state index contributed by atoms with van der Waals surface area (Å²) < 4.78 is 0. The molecule has 16 heavy (non-hydrogen) atoms. The second kappa shape index (κ2) is 6.01. The highest BCUT2D eigenvalue weighted by molar-refractivity contribution is 8.09. The fraction of sp³-hybridized carbons (Fsp3) is 0.250. The summed E-state index contributed by atoms with van der Waals surface area (Å²) in [6.45, 7) is 0. The molecule has 1 heterocycles. The lowest BCUT2D eigenvalue weighted by Gasteiger charge is -2.11. The first-order valence-electron chi connectivity index (χ1n) is 5.13. The summed E-state index contributed by atoms with van der Waals surface area (Å²) in [5.41, 5.74) is 0.863. The summed E-state index contributed by atoms with van der Waals surface area (Å²) in [6.07, 6.45) is 0.493. The first-order valence-corrected chi connectivity index (χ1v) is 7.16. The Labute approximate surface area is 104 Å². The van der Waals surface area contributed by atoms with Gasteiger partial charge in [0.1, 0.15) is 0 Å². The molecule has 0 fully saturated rings. The number of amides is 1. The number of nitrogens with one attached hydrogen (secondary N) is 1. The molecule has 0 saturated carbocycles. The van der Waals surface area contributed by atoms with Crippen LogP contribution in [-0.2, 0) is 4.79 Å². The lowest BCUT2D eigenvalue weighted by molar-refractivity contribution is -0.115. The van der Waals surface area contributed by atoms with Gasteiger partial charge in [0.15, 0.2) is 0 Å². The van der Waals surface area contributed by atoms with Gasteiger partial charge in [0.05, 0.1) is 6.42 Å². The third-order valence-corrected chi connectivity index (χ3v) is 4.44. The van der Waals surface area contributed by atoms with Gasteiger partial charge < -0.3 is 5.32 Å². The molecule has 84 valence electrons. The molecule has 0 saturated heterocycles. The SMILES string of the molecule is O=C(CC1=CSCCS1)Nc1ccccc1. The van der Waals surface area contributed by atoms with Gasteiger partial charge >= 0.3 is 0 Å². The van der Waals surface area contributed by atoms with Crippen LogP contribution in [0.1, 0.15) is 6.42 Å². The van der Waals surface area contributed by atoms with Crippen LogP contribution in [0.15, 0.2) is 40.6 Å². The average Bonchev–Trinajstić information content (AvgIpc) is 2.31. The third-order valence-electron chi connectivity index (χ3n) is 2.10. The molecule has 1 aliphatic rings. The Morgan fingerprint density at radius 1 is 1.25 bits per heavy atom. The normalized spacial score (nSPS) is 15.4. The molecule has 0 atom stereocenters. The summed E-state index contributed by atoms with van der Waals surface area (Å²) in [4.78, 5) is 12.9. The van der Waals surface area contributed by atoms with E-state index in [0.717, 1.165) is 17.2 Å². The first-order chi connectivity index (χ1) is 7.84. The van der Waals surface area contributed by atoms with Crippen molar-refractivity contribution in [2.45, 2.75) is 6.42 Å². The number of anilines is 1. The lowest BCUT2D eigenvalue weighted by Crippen LogP contribution is -2.12. The van der Waals surface area contributed by atoms with E-state index in [1.54, 1.807) is 23.5 Å². The zero-order chi connectivity index (χ0) is 11.2. The number of carbonyl (C=O) groups is 1. The van der Waals surface area contributed by atoms with Crippen LogP contribution >= 0.6 is 23.5 Å². The van der Waals surface area contributed by atoms with Crippen LogP contribution < -0.4 is 5.32 Å². The van der Waals surface area contributed by atoms with Crippen molar-refractivity contribution in [2.24, 2.45) is 0 Å². The molecule has 2 rings (SSSR count). The molecule has 0 spiro atoms. The van der Waals surface area contributed by atoms with E-state index in [0.29, 0.717) is 6.42 Å². The summed E-state index contributed by atoms with van der Waals surface area (Å²) >= 11 is 3.57. The van der Waals surface area contributed by atoms with Crippen molar-refractivity contribution in [3.8, 4) is 0 Å². The van der Waals surface area contributed by atoms with Gasteiger partial charge in [0.25, 0.3) is 0 Å². The van der Waals surface area contributed by atoms with Crippen LogP contribution in [-0.4, -0.2) is 17.4 Å². The van der Waals surface area contributed by atoms with Crippen LogP contribution in [0, 0.1) is 0 Å². The highest BCUT2D eigenvalue weighted by Crippen LogP contribution is 2.29. The smallest absolute Gasteiger partial charge is 0.229 e. The van der Waals surface area contributed by atoms with E-state index in [-0.39, 0.29) is 5.91 Å². The van der Waals surface area contributed by atoms with Crippen LogP contribution in [0.4, 0.5) is 5.69 Å². The van der Waals surface area contributed by atoms with Crippen molar-refractivity contribution in [1.82, 2.24) is 0 Å². The van der Waals surface area contributed by atoms with Crippen LogP contribution in [0.25, 0.3) is 0 Å². The molecule has 1 aromatic carbocycles. The first kappa shape index (κ1) is 11.6. The van der Waals surface area contributed by atoms with Gasteiger partial charge in [-0.15, -0.1) is 23.5 Å². The molecule has 2 nitrogen and oxygen atoms in total. The van der Waals surface area contributed by atoms with Crippen molar-refractivity contribution in [2.75, 3.05) is 16.8 Å². The molecular formula is C12H13NOS2. The summed E-state index contributed by atoms with van der Waals surface area (Å²) in [5, 5.41) is 4.98. The lowest BCUT2D eigenvalue weighted by atomic mass is 10.3. The van der Waals surface area contributed by atoms with Crippen LogP contribution in [0.3, 0.4) is 0 Å². The van der Waals surface area contributed by atoms with Crippen molar-refractivity contribution < 1.29 is 4.79 Å². The minimum Gasteiger partial charge on any atom is -0.326 e. The largest absolute Gasteiger partial charge is 0.326 e. The van der Waals surface area contributed by atoms with Gasteiger partial charge in [-0.3, -0.25) is 4.79 Å². The topological polar surface area (TPSA) is 29.1 Å². The highest BCUT2D eigenvalue weighted by atomic mass is 32.2. The maximum atomic E-state index is 11.7. The monoisotopic (exact) mass is 251 g/mol. The number of hydrogen-bond donors (Lipinski definition) is 1. The number of carbonyl (C=O) groups excluding carboxylic acids is 1. The molecule has 1 aromatic rings. The summed E-state index contributed by atoms with van der Waals surface area (Å²) in [7, 11) is 0. The minimum atomic E-state index is 0.0625. The molecule has 0 unspecified atom stereocenters. The van der Waals surface area contributed by atoms with Crippen LogP contribution in [0.5, 0.6) is 0 Å². The van der Waals surface area contributed by atoms with E-state index in [2.05, 4.69) is 10.7 Å². The summed E-state index contributed by atoms with van der Waals surface area (Å²) in [6, 6.07) is 9.57. The predicted molar refractivity (Wildman–Crippen MR) is 72.7 cm³/mol. The number of hydrogen-bond acceptors (Lipinski definition) is 3. The molecule has 1 amide bonds. The van der Waals surface area contributed by atoms with Crippen molar-refractivity contribution >= 4 is 35.1 Å². The molecule has 0 radical (unpaired) electrons. The fourth-order valence-corrected chi connectivity index (χ4v) is 3.46. The molecule has 4 heteroatoms. The second-order valence-electron chi connectivity index (χ2n) is 3.39. The second-order valence-corrected chi connectivity index (χ2v) is 5.59. The number of thioether (sulfide) groups is 2. The standard InChI is InChI=1S/C12H13NOS2/c14-12(8-11-9-15-6-7-16-11)13-10-4-2-1-3-5-10/h1-5,9H,6-8H2,(H,13,14). The fourth-order valence-electron chi connectivity index (χ4n) is 1.38.